The predicted molar refractivity (Wildman–Crippen MR) is 80.0 cm³/mol. The molecule has 1 N–H and O–H groups in total. The second-order valence-corrected chi connectivity index (χ2v) is 5.30. The monoisotopic (exact) mass is 276 g/mol. The van der Waals surface area contributed by atoms with Crippen LogP contribution in [0.15, 0.2) is 18.2 Å². The second kappa shape index (κ2) is 6.75. The number of carbonyl (C=O) groups excluding carboxylic acids is 1. The molecule has 0 heterocycles. The van der Waals surface area contributed by atoms with Gasteiger partial charge in [0.2, 0.25) is 5.91 Å². The third-order valence-corrected chi connectivity index (χ3v) is 4.07. The quantitative estimate of drug-likeness (QED) is 0.896. The molecule has 0 radical (unpaired) electrons. The maximum Gasteiger partial charge on any atom is 0.236 e. The summed E-state index contributed by atoms with van der Waals surface area (Å²) in [4.78, 5) is 13.6. The number of methoxy groups -OCH3 is 1. The summed E-state index contributed by atoms with van der Waals surface area (Å²) in [7, 11) is 3.52. The van der Waals surface area contributed by atoms with Crippen molar-refractivity contribution in [3.05, 3.63) is 29.3 Å². The normalized spacial score (nSPS) is 17.4. The lowest BCUT2D eigenvalue weighted by Gasteiger charge is -2.27. The predicted octanol–water partition coefficient (Wildman–Crippen LogP) is 2.14. The van der Waals surface area contributed by atoms with Crippen LogP contribution in [0.3, 0.4) is 0 Å². The molecule has 0 aliphatic heterocycles. The van der Waals surface area contributed by atoms with E-state index in [-0.39, 0.29) is 11.9 Å². The lowest BCUT2D eigenvalue weighted by molar-refractivity contribution is -0.128. The van der Waals surface area contributed by atoms with E-state index >= 15 is 0 Å². The van der Waals surface area contributed by atoms with Gasteiger partial charge in [0.05, 0.1) is 13.7 Å². The third kappa shape index (κ3) is 3.31. The summed E-state index contributed by atoms with van der Waals surface area (Å²) in [6.45, 7) is 3.12. The molecule has 4 nitrogen and oxygen atoms in total. The van der Waals surface area contributed by atoms with Crippen LogP contribution >= 0.6 is 0 Å². The van der Waals surface area contributed by atoms with Crippen LogP contribution in [0.2, 0.25) is 0 Å². The zero-order chi connectivity index (χ0) is 14.5. The maximum atomic E-state index is 11.9. The van der Waals surface area contributed by atoms with Crippen LogP contribution < -0.4 is 10.1 Å². The third-order valence-electron chi connectivity index (χ3n) is 4.07. The van der Waals surface area contributed by atoms with E-state index in [4.69, 9.17) is 4.74 Å². The van der Waals surface area contributed by atoms with Crippen LogP contribution in [0, 0.1) is 0 Å². The minimum absolute atomic E-state index is 0.141. The molecule has 0 bridgehead atoms. The number of carbonyl (C=O) groups is 1. The SMILES string of the molecule is CCN(C)C(=O)CNC1CCCc2ccc(OC)cc21. The van der Waals surface area contributed by atoms with Gasteiger partial charge in [-0.25, -0.2) is 0 Å². The van der Waals surface area contributed by atoms with Gasteiger partial charge in [-0.1, -0.05) is 6.07 Å². The summed E-state index contributed by atoms with van der Waals surface area (Å²) in [5.41, 5.74) is 2.65. The van der Waals surface area contributed by atoms with Gasteiger partial charge >= 0.3 is 0 Å². The van der Waals surface area contributed by atoms with Crippen molar-refractivity contribution in [1.82, 2.24) is 10.2 Å². The standard InChI is InChI=1S/C16H24N2O2/c1-4-18(2)16(19)11-17-15-7-5-6-12-8-9-13(20-3)10-14(12)15/h8-10,15,17H,4-7,11H2,1-3H3. The van der Waals surface area contributed by atoms with Crippen LogP contribution in [0.4, 0.5) is 0 Å². The molecule has 1 aromatic carbocycles. The van der Waals surface area contributed by atoms with Crippen molar-refractivity contribution >= 4 is 5.91 Å². The van der Waals surface area contributed by atoms with Gasteiger partial charge in [0.15, 0.2) is 0 Å². The molecule has 0 saturated heterocycles. The number of aryl methyl sites for hydroxylation is 1. The van der Waals surface area contributed by atoms with Crippen LogP contribution in [-0.4, -0.2) is 38.1 Å². The molecule has 0 aromatic heterocycles. The zero-order valence-electron chi connectivity index (χ0n) is 12.6. The van der Waals surface area contributed by atoms with Crippen molar-refractivity contribution in [3.63, 3.8) is 0 Å². The van der Waals surface area contributed by atoms with E-state index in [0.717, 1.165) is 31.6 Å². The Labute approximate surface area is 121 Å². The minimum atomic E-state index is 0.141. The van der Waals surface area contributed by atoms with Gasteiger partial charge in [-0.05, 0) is 49.4 Å². The molecular formula is C16H24N2O2. The molecule has 0 fully saturated rings. The van der Waals surface area contributed by atoms with Gasteiger partial charge in [0.25, 0.3) is 0 Å². The average Bonchev–Trinajstić information content (AvgIpc) is 2.51. The van der Waals surface area contributed by atoms with Crippen molar-refractivity contribution in [2.75, 3.05) is 27.2 Å². The van der Waals surface area contributed by atoms with Crippen molar-refractivity contribution in [1.29, 1.82) is 0 Å². The highest BCUT2D eigenvalue weighted by atomic mass is 16.5. The molecule has 20 heavy (non-hydrogen) atoms. The first-order valence-corrected chi connectivity index (χ1v) is 7.29. The Bertz CT molecular complexity index is 474. The van der Waals surface area contributed by atoms with Crippen LogP contribution in [0.5, 0.6) is 5.75 Å². The van der Waals surface area contributed by atoms with Gasteiger partial charge < -0.3 is 15.0 Å². The number of fused-ring (bicyclic) bond motifs is 1. The Morgan fingerprint density at radius 2 is 2.30 bits per heavy atom. The number of hydrogen-bond donors (Lipinski definition) is 1. The topological polar surface area (TPSA) is 41.6 Å². The van der Waals surface area contributed by atoms with Gasteiger partial charge in [0.1, 0.15) is 5.75 Å². The molecule has 0 spiro atoms. The first-order valence-electron chi connectivity index (χ1n) is 7.29. The van der Waals surface area contributed by atoms with E-state index in [9.17, 15) is 4.79 Å². The second-order valence-electron chi connectivity index (χ2n) is 5.30. The van der Waals surface area contributed by atoms with Gasteiger partial charge in [-0.15, -0.1) is 0 Å². The number of nitrogens with one attached hydrogen (secondary N) is 1. The number of hydrogen-bond acceptors (Lipinski definition) is 3. The fraction of sp³-hybridized carbons (Fsp3) is 0.562. The molecule has 1 aliphatic rings. The summed E-state index contributed by atoms with van der Waals surface area (Å²) in [6.07, 6.45) is 3.35. The molecular weight excluding hydrogens is 252 g/mol. The van der Waals surface area contributed by atoms with Gasteiger partial charge in [0, 0.05) is 19.6 Å². The number of likely N-dealkylation sites (N-methyl/N-ethyl adjacent to an activating group) is 1. The number of nitrogens with zero attached hydrogens (tertiary/aromatic N) is 1. The highest BCUT2D eigenvalue weighted by Crippen LogP contribution is 2.32. The number of ether oxygens (including phenoxy) is 1. The van der Waals surface area contributed by atoms with Gasteiger partial charge in [-0.3, -0.25) is 4.79 Å². The van der Waals surface area contributed by atoms with Crippen molar-refractivity contribution in [2.45, 2.75) is 32.2 Å². The van der Waals surface area contributed by atoms with E-state index in [0.29, 0.717) is 6.54 Å². The first-order chi connectivity index (χ1) is 9.65. The highest BCUT2D eigenvalue weighted by Gasteiger charge is 2.21. The molecule has 110 valence electrons. The minimum Gasteiger partial charge on any atom is -0.497 e. The van der Waals surface area contributed by atoms with E-state index in [1.165, 1.54) is 11.1 Å². The Kier molecular flexibility index (Phi) is 5.01. The molecule has 1 unspecified atom stereocenters. The summed E-state index contributed by atoms with van der Waals surface area (Å²) < 4.78 is 5.31. The molecule has 1 amide bonds. The fourth-order valence-corrected chi connectivity index (χ4v) is 2.64. The molecule has 1 aromatic rings. The molecule has 2 rings (SSSR count). The fourth-order valence-electron chi connectivity index (χ4n) is 2.64. The maximum absolute atomic E-state index is 11.9. The summed E-state index contributed by atoms with van der Waals surface area (Å²) in [5, 5.41) is 3.40. The largest absolute Gasteiger partial charge is 0.497 e. The lowest BCUT2D eigenvalue weighted by atomic mass is 9.87. The Hall–Kier alpha value is -1.55. The number of benzene rings is 1. The van der Waals surface area contributed by atoms with Crippen molar-refractivity contribution in [3.8, 4) is 5.75 Å². The molecule has 1 atom stereocenters. The zero-order valence-corrected chi connectivity index (χ0v) is 12.6. The Balaban J connectivity index is 2.06. The number of rotatable bonds is 5. The van der Waals surface area contributed by atoms with E-state index in [1.807, 2.05) is 20.0 Å². The highest BCUT2D eigenvalue weighted by molar-refractivity contribution is 5.78. The molecule has 4 heteroatoms. The summed E-state index contributed by atoms with van der Waals surface area (Å²) >= 11 is 0. The van der Waals surface area contributed by atoms with Crippen LogP contribution in [0.1, 0.15) is 36.9 Å². The molecule has 0 saturated carbocycles. The summed E-state index contributed by atoms with van der Waals surface area (Å²) in [5.74, 6) is 1.02. The number of amides is 1. The first kappa shape index (κ1) is 14.9. The summed E-state index contributed by atoms with van der Waals surface area (Å²) in [6, 6.07) is 6.50. The van der Waals surface area contributed by atoms with E-state index < -0.39 is 0 Å². The van der Waals surface area contributed by atoms with Crippen LogP contribution in [0.25, 0.3) is 0 Å². The average molecular weight is 276 g/mol. The van der Waals surface area contributed by atoms with E-state index in [2.05, 4.69) is 17.4 Å². The lowest BCUT2D eigenvalue weighted by Crippen LogP contribution is -2.37. The van der Waals surface area contributed by atoms with Gasteiger partial charge in [-0.2, -0.15) is 0 Å². The van der Waals surface area contributed by atoms with E-state index in [1.54, 1.807) is 12.0 Å². The van der Waals surface area contributed by atoms with Crippen molar-refractivity contribution in [2.24, 2.45) is 0 Å². The smallest absolute Gasteiger partial charge is 0.236 e. The Morgan fingerprint density at radius 1 is 1.50 bits per heavy atom. The Morgan fingerprint density at radius 3 is 3.00 bits per heavy atom. The molecule has 1 aliphatic carbocycles. The van der Waals surface area contributed by atoms with Crippen LogP contribution in [-0.2, 0) is 11.2 Å². The van der Waals surface area contributed by atoms with Crippen molar-refractivity contribution < 1.29 is 9.53 Å².